The zero-order valence-corrected chi connectivity index (χ0v) is 91.9. The van der Waals surface area contributed by atoms with Crippen molar-refractivity contribution >= 4 is 104 Å². The summed E-state index contributed by atoms with van der Waals surface area (Å²) in [4.78, 5) is 165. The third-order valence-electron chi connectivity index (χ3n) is 22.4. The summed E-state index contributed by atoms with van der Waals surface area (Å²) in [5.41, 5.74) is 6.21. The van der Waals surface area contributed by atoms with Gasteiger partial charge in [-0.25, -0.2) is 4.79 Å². The van der Waals surface area contributed by atoms with Crippen molar-refractivity contribution in [3.8, 4) is 0 Å². The number of methoxy groups -OCH3 is 1. The predicted molar refractivity (Wildman–Crippen MR) is 553 cm³/mol. The molecule has 27 nitrogen and oxygen atoms in total. The second-order valence-corrected chi connectivity index (χ2v) is 38.7. The molecule has 4 aliphatic heterocycles. The number of alkyl halides is 1. The molecule has 8 aromatic rings. The zero-order valence-electron chi connectivity index (χ0n) is 87.5. The number of likely N-dealkylation sites (tertiary alicyclic amines) is 2. The van der Waals surface area contributed by atoms with Crippen molar-refractivity contribution in [2.24, 2.45) is 11.3 Å². The van der Waals surface area contributed by atoms with E-state index in [1.807, 2.05) is 280 Å². The van der Waals surface area contributed by atoms with Crippen molar-refractivity contribution in [2.75, 3.05) is 52.1 Å². The topological polar surface area (TPSA) is 354 Å². The van der Waals surface area contributed by atoms with Gasteiger partial charge in [0.15, 0.2) is 17.1 Å². The van der Waals surface area contributed by atoms with Crippen molar-refractivity contribution in [2.45, 2.75) is 256 Å². The largest absolute Gasteiger partial charge is 1.00 e. The van der Waals surface area contributed by atoms with E-state index in [1.54, 1.807) is 49.3 Å². The number of ether oxygens (including phenoxy) is 6. The molecule has 0 spiro atoms. The molecule has 0 radical (unpaired) electrons. The first kappa shape index (κ1) is 129. The minimum absolute atomic E-state index is 0. The van der Waals surface area contributed by atoms with Gasteiger partial charge in [0, 0.05) is 69.0 Å². The van der Waals surface area contributed by atoms with Crippen molar-refractivity contribution in [3.63, 3.8) is 0 Å². The Bertz CT molecular complexity index is 5330. The fourth-order valence-electron chi connectivity index (χ4n) is 14.6. The molecule has 0 bridgehead atoms. The number of benzene rings is 8. The number of hydrogen-bond acceptors (Lipinski definition) is 22. The average molecular weight is 2080 g/mol. The maximum Gasteiger partial charge on any atom is 1.00 e. The summed E-state index contributed by atoms with van der Waals surface area (Å²) in [6.07, 6.45) is 6.00. The Morgan fingerprint density at radius 3 is 1.20 bits per heavy atom. The first-order chi connectivity index (χ1) is 67.7. The van der Waals surface area contributed by atoms with Crippen LogP contribution in [-0.2, 0) is 148 Å². The van der Waals surface area contributed by atoms with Crippen molar-refractivity contribution in [3.05, 3.63) is 310 Å². The van der Waals surface area contributed by atoms with Crippen LogP contribution in [0.25, 0.3) is 0 Å². The Hall–Kier alpha value is -11.5. The Labute approximate surface area is 886 Å². The maximum absolute atomic E-state index is 12.9. The van der Waals surface area contributed by atoms with Crippen LogP contribution in [0.3, 0.4) is 0 Å². The Morgan fingerprint density at radius 2 is 0.861 bits per heavy atom. The van der Waals surface area contributed by atoms with E-state index in [0.29, 0.717) is 72.0 Å². The standard InChI is InChI=1S/C23H27NO3.C23H27NO2.C16H19NO4.C15H21NO2.C13H15NO2.C10H13BrO.C6H12O2.C5H7ClO3.C2H5O.CO2.Na/c1-23(2)21(25)20(14-9-15-27-17-19-12-7-4-8-13-19)22(26)24(23)16-18-10-5-3-6-11-18;1-23(2)16-21(14-9-15-26-18-20-12-7-4-8-13-20)22(25)24(23)17-19-10-5-3-6-11-19;1-4-21-15(20)12-13(18)16(2,3)17(14(12)19)10-11-8-6-5-7-9-11;1-12(17)10-14(18)16(15(2,3)4)11-13-8-6-5-7-9-13;1-13(2)11(15)8-12(16)14(13)9-10-6-4-3-5-7-10;11-7-4-8-12-9-10-5-2-1-3-6-10;1-6(2,3)5(7)8-4;1-2-9-5(8)3-4(6)7;1-2-3;2-1-3;/h3-8,10-13,20H,9,14-17H2,1-2H3;3-8,10-13,16H,9,14-15,17-18H2,1-2H3;5-9,18H,4,10H2,1-3H3;5-9H,10-11H2,1-4H3;3-7H,8-9H2,1-2H3;1-3,5-6H,4,7-9H2;1-4H3;2-3H2,1H3;2H2,1H3;;/q;;;;;;;;-1;;+1. The van der Waals surface area contributed by atoms with Crippen LogP contribution < -0.4 is 34.7 Å². The summed E-state index contributed by atoms with van der Waals surface area (Å²) >= 11 is 8.22. The Morgan fingerprint density at radius 1 is 0.500 bits per heavy atom. The van der Waals surface area contributed by atoms with Gasteiger partial charge in [0.25, 0.3) is 11.8 Å². The number of halogens is 2. The van der Waals surface area contributed by atoms with Crippen molar-refractivity contribution < 1.29 is 135 Å². The average Bonchev–Trinajstić information content (AvgIpc) is 1.60. The molecular weight excluding hydrogens is 1930 g/mol. The van der Waals surface area contributed by atoms with Crippen LogP contribution in [-0.4, -0.2) is 186 Å². The number of amides is 5. The van der Waals surface area contributed by atoms with Gasteiger partial charge in [-0.2, -0.15) is 9.59 Å². The summed E-state index contributed by atoms with van der Waals surface area (Å²) in [5, 5.41) is 19.5. The second kappa shape index (κ2) is 67.2. The van der Waals surface area contributed by atoms with Crippen molar-refractivity contribution in [1.82, 2.24) is 24.5 Å². The molecule has 4 heterocycles. The number of aliphatic hydroxyl groups excluding tert-OH is 1. The van der Waals surface area contributed by atoms with Gasteiger partial charge in [-0.1, -0.05) is 272 Å². The van der Waals surface area contributed by atoms with Crippen LogP contribution in [0.4, 0.5) is 0 Å². The van der Waals surface area contributed by atoms with Crippen molar-refractivity contribution in [1.29, 1.82) is 0 Å². The number of aliphatic hydroxyl groups is 1. The third kappa shape index (κ3) is 46.2. The molecule has 2 saturated heterocycles. The first-order valence-electron chi connectivity index (χ1n) is 47.7. The van der Waals surface area contributed by atoms with Crippen LogP contribution in [0.1, 0.15) is 221 Å². The van der Waals surface area contributed by atoms with Gasteiger partial charge in [-0.15, -0.1) is 6.61 Å². The normalized spacial score (nSPS) is 14.7. The summed E-state index contributed by atoms with van der Waals surface area (Å²) in [5.74, 6) is -2.96. The van der Waals surface area contributed by atoms with Crippen LogP contribution in [0, 0.1) is 11.3 Å². The molecule has 30 heteroatoms. The molecule has 0 aliphatic carbocycles. The van der Waals surface area contributed by atoms with E-state index in [4.69, 9.17) is 45.2 Å². The first-order valence-corrected chi connectivity index (χ1v) is 49.2. The molecule has 12 rings (SSSR count). The summed E-state index contributed by atoms with van der Waals surface area (Å²) < 4.78 is 30.6. The van der Waals surface area contributed by atoms with E-state index in [-0.39, 0.29) is 150 Å². The molecule has 144 heavy (non-hydrogen) atoms. The quantitative estimate of drug-likeness (QED) is 0.00572. The number of ketones is 3. The van der Waals surface area contributed by atoms with Crippen LogP contribution >= 0.6 is 27.5 Å². The van der Waals surface area contributed by atoms with E-state index in [0.717, 1.165) is 76.8 Å². The molecule has 0 saturated carbocycles. The monoisotopic (exact) mass is 2070 g/mol. The van der Waals surface area contributed by atoms with E-state index in [2.05, 4.69) is 81.7 Å². The number of carbonyl (C=O) groups is 12. The molecule has 2 fully saturated rings. The summed E-state index contributed by atoms with van der Waals surface area (Å²) in [6.45, 7) is 39.5. The van der Waals surface area contributed by atoms with Gasteiger partial charge in [-0.05, 0) is 206 Å². The zero-order chi connectivity index (χ0) is 107. The molecule has 0 aromatic heterocycles. The third-order valence-corrected chi connectivity index (χ3v) is 23.1. The van der Waals surface area contributed by atoms with Crippen LogP contribution in [0.15, 0.2) is 266 Å². The molecule has 5 amide bonds. The number of hydrogen-bond donors (Lipinski definition) is 1. The minimum Gasteiger partial charge on any atom is -0.855 e. The molecule has 1 atom stereocenters. The molecule has 774 valence electrons. The van der Waals surface area contributed by atoms with E-state index in [9.17, 15) is 62.6 Å². The number of Topliss-reactive ketones (excluding diaryl/α,β-unsaturated/α-hetero) is 3. The van der Waals surface area contributed by atoms with E-state index < -0.39 is 45.6 Å². The summed E-state index contributed by atoms with van der Waals surface area (Å²) in [6, 6.07) is 79.4. The molecule has 1 unspecified atom stereocenters. The maximum atomic E-state index is 12.9. The minimum atomic E-state index is -0.935. The Kier molecular flexibility index (Phi) is 60.0. The number of carbonyl (C=O) groups excluding carboxylic acids is 14. The van der Waals surface area contributed by atoms with Crippen LogP contribution in [0.5, 0.6) is 0 Å². The van der Waals surface area contributed by atoms with Gasteiger partial charge < -0.3 is 63.1 Å². The smallest absolute Gasteiger partial charge is 0.855 e. The van der Waals surface area contributed by atoms with Gasteiger partial charge in [0.2, 0.25) is 23.0 Å². The second-order valence-electron chi connectivity index (χ2n) is 37.5. The SMILES string of the molecule is BrCCCOCc1ccccc1.CC(=O)CC(=O)N(Cc1ccccc1)C(C)(C)C.CC1(C)C(=O)C(CCCOCc2ccccc2)C(=O)N1Cc1ccccc1.CC1(C)C(=O)CC(=O)N1Cc1ccccc1.CC1(C)C=C(CCCOCc2ccccc2)C(=O)N1Cc1ccccc1.CCOC(=O)C1=C(O)C(C)(C)N(Cc2ccccc2)C1=O.CCOC(=O)CC(=O)Cl.CC[O-].COC(=O)C(C)(C)C.O=C=O.[Na+]. The fraction of sp³-hybridized carbons (Fsp3) is 0.430. The van der Waals surface area contributed by atoms with E-state index >= 15 is 0 Å². The predicted octanol–water partition coefficient (Wildman–Crippen LogP) is 16.1. The molecular formula is C114H146BrClN5NaO22. The van der Waals surface area contributed by atoms with Gasteiger partial charge in [0.05, 0.1) is 86.5 Å². The Balaban J connectivity index is 0.000000565. The van der Waals surface area contributed by atoms with E-state index in [1.165, 1.54) is 30.1 Å². The number of rotatable bonds is 34. The summed E-state index contributed by atoms with van der Waals surface area (Å²) in [7, 11) is 1.40. The fourth-order valence-corrected chi connectivity index (χ4v) is 14.9. The van der Waals surface area contributed by atoms with Gasteiger partial charge in [-0.3, -0.25) is 52.7 Å². The molecule has 4 aliphatic rings. The van der Waals surface area contributed by atoms with Crippen LogP contribution in [0.2, 0.25) is 0 Å². The van der Waals surface area contributed by atoms with Gasteiger partial charge in [0.1, 0.15) is 18.0 Å². The number of nitrogens with zero attached hydrogens (tertiary/aromatic N) is 5. The molecule has 8 aromatic carbocycles. The molecule has 1 N–H and O–H groups in total. The number of esters is 3. The van der Waals surface area contributed by atoms with Gasteiger partial charge >= 0.3 is 53.6 Å².